The van der Waals surface area contributed by atoms with Gasteiger partial charge in [0.25, 0.3) is 0 Å². The van der Waals surface area contributed by atoms with Gasteiger partial charge < -0.3 is 20.3 Å². The topological polar surface area (TPSA) is 61.8 Å². The summed E-state index contributed by atoms with van der Waals surface area (Å²) in [7, 11) is 3.87. The number of pyridine rings is 1. The lowest BCUT2D eigenvalue weighted by molar-refractivity contribution is -0.0504. The smallest absolute Gasteiger partial charge is 0.387 e. The van der Waals surface area contributed by atoms with Crippen LogP contribution in [0.2, 0.25) is 0 Å². The SMILES string of the molecule is CCNC(=NCc1ccccc1OC(F)F)NCc1cccc(N(C)C)n1.I. The first kappa shape index (κ1) is 23.9. The Hall–Kier alpha value is -2.17. The van der Waals surface area contributed by atoms with Crippen molar-refractivity contribution in [3.63, 3.8) is 0 Å². The fourth-order valence-corrected chi connectivity index (χ4v) is 2.34. The van der Waals surface area contributed by atoms with Gasteiger partial charge in [0.05, 0.1) is 18.8 Å². The number of benzene rings is 1. The molecule has 0 atom stereocenters. The minimum absolute atomic E-state index is 0. The third-order valence-corrected chi connectivity index (χ3v) is 3.63. The molecule has 1 heterocycles. The summed E-state index contributed by atoms with van der Waals surface area (Å²) >= 11 is 0. The van der Waals surface area contributed by atoms with Crippen molar-refractivity contribution in [3.05, 3.63) is 53.7 Å². The Morgan fingerprint density at radius 1 is 1.14 bits per heavy atom. The molecule has 2 aromatic rings. The molecule has 0 saturated heterocycles. The van der Waals surface area contributed by atoms with E-state index < -0.39 is 6.61 Å². The van der Waals surface area contributed by atoms with E-state index in [9.17, 15) is 8.78 Å². The first-order chi connectivity index (χ1) is 13.0. The summed E-state index contributed by atoms with van der Waals surface area (Å²) in [6, 6.07) is 12.4. The van der Waals surface area contributed by atoms with E-state index in [-0.39, 0.29) is 36.3 Å². The first-order valence-electron chi connectivity index (χ1n) is 8.67. The second-order valence-corrected chi connectivity index (χ2v) is 5.92. The highest BCUT2D eigenvalue weighted by Gasteiger charge is 2.09. The number of hydrogen-bond donors (Lipinski definition) is 2. The lowest BCUT2D eigenvalue weighted by Gasteiger charge is -2.14. The van der Waals surface area contributed by atoms with Crippen LogP contribution in [0.25, 0.3) is 0 Å². The molecule has 9 heteroatoms. The van der Waals surface area contributed by atoms with Crippen LogP contribution in [0.3, 0.4) is 0 Å². The zero-order valence-electron chi connectivity index (χ0n) is 16.2. The minimum atomic E-state index is -2.86. The fourth-order valence-electron chi connectivity index (χ4n) is 2.34. The van der Waals surface area contributed by atoms with Gasteiger partial charge in [-0.15, -0.1) is 24.0 Å². The van der Waals surface area contributed by atoms with Crippen LogP contribution in [0.4, 0.5) is 14.6 Å². The van der Waals surface area contributed by atoms with Gasteiger partial charge >= 0.3 is 6.61 Å². The quantitative estimate of drug-likeness (QED) is 0.326. The summed E-state index contributed by atoms with van der Waals surface area (Å²) in [6.07, 6.45) is 0. The number of nitrogens with zero attached hydrogens (tertiary/aromatic N) is 3. The first-order valence-corrected chi connectivity index (χ1v) is 8.67. The molecule has 0 fully saturated rings. The van der Waals surface area contributed by atoms with Crippen molar-refractivity contribution >= 4 is 35.8 Å². The summed E-state index contributed by atoms with van der Waals surface area (Å²) in [4.78, 5) is 10.9. The van der Waals surface area contributed by atoms with Crippen molar-refractivity contribution in [2.24, 2.45) is 4.99 Å². The zero-order valence-corrected chi connectivity index (χ0v) is 18.5. The number of aromatic nitrogens is 1. The molecule has 6 nitrogen and oxygen atoms in total. The molecule has 0 unspecified atom stereocenters. The number of anilines is 1. The van der Waals surface area contributed by atoms with E-state index in [1.807, 2.05) is 44.1 Å². The van der Waals surface area contributed by atoms with Crippen LogP contribution in [0.5, 0.6) is 5.75 Å². The Morgan fingerprint density at radius 2 is 1.89 bits per heavy atom. The number of guanidine groups is 1. The summed E-state index contributed by atoms with van der Waals surface area (Å²) in [6.45, 7) is 0.463. The van der Waals surface area contributed by atoms with Crippen molar-refractivity contribution in [1.82, 2.24) is 15.6 Å². The molecule has 0 spiro atoms. The van der Waals surface area contributed by atoms with E-state index in [0.29, 0.717) is 24.6 Å². The monoisotopic (exact) mass is 505 g/mol. The van der Waals surface area contributed by atoms with E-state index in [2.05, 4.69) is 25.3 Å². The maximum absolute atomic E-state index is 12.5. The number of aliphatic imine (C=N–C) groups is 1. The Kier molecular flexibility index (Phi) is 10.5. The Labute approximate surface area is 181 Å². The van der Waals surface area contributed by atoms with Crippen LogP contribution in [0.15, 0.2) is 47.5 Å². The number of ether oxygens (including phenoxy) is 1. The normalized spacial score (nSPS) is 11.0. The summed E-state index contributed by atoms with van der Waals surface area (Å²) in [5.41, 5.74) is 1.45. The number of rotatable bonds is 8. The maximum Gasteiger partial charge on any atom is 0.387 e. The molecule has 0 bridgehead atoms. The van der Waals surface area contributed by atoms with Crippen molar-refractivity contribution in [2.75, 3.05) is 25.5 Å². The third kappa shape index (κ3) is 7.83. The van der Waals surface area contributed by atoms with Crippen LogP contribution in [-0.4, -0.2) is 38.2 Å². The molecule has 0 aliphatic heterocycles. The number of para-hydroxylation sites is 1. The largest absolute Gasteiger partial charge is 0.434 e. The van der Waals surface area contributed by atoms with Gasteiger partial charge in [-0.05, 0) is 25.1 Å². The predicted molar refractivity (Wildman–Crippen MR) is 119 cm³/mol. The molecule has 28 heavy (non-hydrogen) atoms. The number of hydrogen-bond acceptors (Lipinski definition) is 4. The second-order valence-electron chi connectivity index (χ2n) is 5.92. The number of nitrogens with one attached hydrogen (secondary N) is 2. The van der Waals surface area contributed by atoms with Crippen molar-refractivity contribution < 1.29 is 13.5 Å². The van der Waals surface area contributed by atoms with Gasteiger partial charge in [0.15, 0.2) is 5.96 Å². The third-order valence-electron chi connectivity index (χ3n) is 3.63. The van der Waals surface area contributed by atoms with Crippen LogP contribution in [0, 0.1) is 0 Å². The van der Waals surface area contributed by atoms with Gasteiger partial charge in [0.2, 0.25) is 0 Å². The van der Waals surface area contributed by atoms with Crippen LogP contribution in [-0.2, 0) is 13.1 Å². The van der Waals surface area contributed by atoms with E-state index in [0.717, 1.165) is 11.5 Å². The van der Waals surface area contributed by atoms with Crippen LogP contribution in [0.1, 0.15) is 18.2 Å². The van der Waals surface area contributed by atoms with Gasteiger partial charge in [0, 0.05) is 26.2 Å². The minimum Gasteiger partial charge on any atom is -0.434 e. The Bertz CT molecular complexity index is 759. The van der Waals surface area contributed by atoms with E-state index in [4.69, 9.17) is 0 Å². The van der Waals surface area contributed by atoms with Gasteiger partial charge in [-0.2, -0.15) is 8.78 Å². The summed E-state index contributed by atoms with van der Waals surface area (Å²) < 4.78 is 29.6. The number of alkyl halides is 2. The Morgan fingerprint density at radius 3 is 2.57 bits per heavy atom. The van der Waals surface area contributed by atoms with Crippen molar-refractivity contribution in [1.29, 1.82) is 0 Å². The van der Waals surface area contributed by atoms with Gasteiger partial charge in [-0.1, -0.05) is 24.3 Å². The highest BCUT2D eigenvalue weighted by atomic mass is 127. The summed E-state index contributed by atoms with van der Waals surface area (Å²) in [5, 5.41) is 6.33. The summed E-state index contributed by atoms with van der Waals surface area (Å²) in [5.74, 6) is 1.57. The molecule has 1 aromatic heterocycles. The second kappa shape index (κ2) is 12.3. The van der Waals surface area contributed by atoms with Crippen molar-refractivity contribution in [2.45, 2.75) is 26.6 Å². The van der Waals surface area contributed by atoms with E-state index >= 15 is 0 Å². The fraction of sp³-hybridized carbons (Fsp3) is 0.368. The molecule has 1 aromatic carbocycles. The maximum atomic E-state index is 12.5. The predicted octanol–water partition coefficient (Wildman–Crippen LogP) is 3.62. The molecular formula is C19H26F2IN5O. The van der Waals surface area contributed by atoms with Crippen LogP contribution < -0.4 is 20.3 Å². The molecule has 0 radical (unpaired) electrons. The lowest BCUT2D eigenvalue weighted by Crippen LogP contribution is -2.37. The number of halogens is 3. The molecule has 0 saturated carbocycles. The molecule has 2 rings (SSSR count). The van der Waals surface area contributed by atoms with E-state index in [1.54, 1.807) is 18.2 Å². The standard InChI is InChI=1S/C19H25F2N5O.HI/c1-4-22-19(24-13-15-9-7-11-17(25-15)26(2)3)23-12-14-8-5-6-10-16(14)27-18(20)21;/h5-11,18H,4,12-13H2,1-3H3,(H2,22,23,24);1H. The highest BCUT2D eigenvalue weighted by Crippen LogP contribution is 2.20. The molecule has 0 amide bonds. The van der Waals surface area contributed by atoms with E-state index in [1.165, 1.54) is 6.07 Å². The lowest BCUT2D eigenvalue weighted by atomic mass is 10.2. The highest BCUT2D eigenvalue weighted by molar-refractivity contribution is 14.0. The molecular weight excluding hydrogens is 479 g/mol. The zero-order chi connectivity index (χ0) is 19.6. The molecule has 0 aliphatic carbocycles. The molecule has 0 aliphatic rings. The molecule has 154 valence electrons. The average Bonchev–Trinajstić information content (AvgIpc) is 2.65. The average molecular weight is 505 g/mol. The van der Waals surface area contributed by atoms with Crippen molar-refractivity contribution in [3.8, 4) is 5.75 Å². The Balaban J connectivity index is 0.00000392. The van der Waals surface area contributed by atoms with Gasteiger partial charge in [-0.3, -0.25) is 0 Å². The van der Waals surface area contributed by atoms with Gasteiger partial charge in [0.1, 0.15) is 11.6 Å². The van der Waals surface area contributed by atoms with Crippen LogP contribution >= 0.6 is 24.0 Å². The molecule has 2 N–H and O–H groups in total. The van der Waals surface area contributed by atoms with Gasteiger partial charge in [-0.25, -0.2) is 9.98 Å².